The standard InChI is InChI=1S/C19H19Cl3N2O.ClH/c20-16-4-1-14(2-5-16)7-8-23-9-11-24(12-10-23)19(25)15-3-6-17(21)18(22)13-15;/h1-6,13H,7-12H2;1H. The molecular formula is C19H20Cl4N2O. The molecule has 1 heterocycles. The number of amides is 1. The van der Waals surface area contributed by atoms with Crippen molar-refractivity contribution < 1.29 is 4.79 Å². The second kappa shape index (κ2) is 9.82. The van der Waals surface area contributed by atoms with E-state index in [-0.39, 0.29) is 18.3 Å². The molecule has 1 aliphatic heterocycles. The van der Waals surface area contributed by atoms with E-state index in [9.17, 15) is 4.79 Å². The summed E-state index contributed by atoms with van der Waals surface area (Å²) in [5, 5.41) is 1.64. The summed E-state index contributed by atoms with van der Waals surface area (Å²) in [5.41, 5.74) is 1.86. The van der Waals surface area contributed by atoms with E-state index in [0.717, 1.165) is 44.2 Å². The molecule has 1 fully saturated rings. The van der Waals surface area contributed by atoms with Gasteiger partial charge < -0.3 is 4.90 Å². The van der Waals surface area contributed by atoms with Gasteiger partial charge in [-0.05, 0) is 42.3 Å². The van der Waals surface area contributed by atoms with E-state index in [1.54, 1.807) is 18.2 Å². The third-order valence-corrected chi connectivity index (χ3v) is 5.45. The molecule has 7 heteroatoms. The molecule has 0 radical (unpaired) electrons. The number of rotatable bonds is 4. The van der Waals surface area contributed by atoms with Crippen LogP contribution in [0.1, 0.15) is 15.9 Å². The number of nitrogens with zero attached hydrogens (tertiary/aromatic N) is 2. The van der Waals surface area contributed by atoms with Gasteiger partial charge in [-0.2, -0.15) is 0 Å². The van der Waals surface area contributed by atoms with Crippen molar-refractivity contribution in [3.05, 3.63) is 68.7 Å². The first-order chi connectivity index (χ1) is 12.0. The summed E-state index contributed by atoms with van der Waals surface area (Å²) in [6.07, 6.45) is 0.984. The van der Waals surface area contributed by atoms with E-state index >= 15 is 0 Å². The first-order valence-electron chi connectivity index (χ1n) is 8.24. The van der Waals surface area contributed by atoms with Crippen molar-refractivity contribution >= 4 is 53.1 Å². The second-order valence-electron chi connectivity index (χ2n) is 6.14. The lowest BCUT2D eigenvalue weighted by Crippen LogP contribution is -2.49. The number of benzene rings is 2. The smallest absolute Gasteiger partial charge is 0.253 e. The van der Waals surface area contributed by atoms with Crippen molar-refractivity contribution in [2.75, 3.05) is 32.7 Å². The number of piperazine rings is 1. The van der Waals surface area contributed by atoms with Crippen molar-refractivity contribution in [2.24, 2.45) is 0 Å². The third kappa shape index (κ3) is 5.51. The maximum Gasteiger partial charge on any atom is 0.253 e. The molecule has 1 saturated heterocycles. The molecule has 2 aromatic carbocycles. The van der Waals surface area contributed by atoms with Crippen LogP contribution in [0.15, 0.2) is 42.5 Å². The molecule has 0 atom stereocenters. The highest BCUT2D eigenvalue weighted by Gasteiger charge is 2.22. The van der Waals surface area contributed by atoms with Crippen LogP contribution >= 0.6 is 47.2 Å². The van der Waals surface area contributed by atoms with Gasteiger partial charge in [0.2, 0.25) is 0 Å². The molecule has 26 heavy (non-hydrogen) atoms. The van der Waals surface area contributed by atoms with Crippen LogP contribution < -0.4 is 0 Å². The second-order valence-corrected chi connectivity index (χ2v) is 7.39. The highest BCUT2D eigenvalue weighted by molar-refractivity contribution is 6.42. The van der Waals surface area contributed by atoms with E-state index in [0.29, 0.717) is 15.6 Å². The number of carbonyl (C=O) groups excluding carboxylic acids is 1. The van der Waals surface area contributed by atoms with Crippen molar-refractivity contribution in [2.45, 2.75) is 6.42 Å². The highest BCUT2D eigenvalue weighted by Crippen LogP contribution is 2.23. The molecule has 0 aromatic heterocycles. The summed E-state index contributed by atoms with van der Waals surface area (Å²) >= 11 is 17.8. The largest absolute Gasteiger partial charge is 0.336 e. The van der Waals surface area contributed by atoms with Crippen molar-refractivity contribution in [3.8, 4) is 0 Å². The highest BCUT2D eigenvalue weighted by atomic mass is 35.5. The van der Waals surface area contributed by atoms with E-state index < -0.39 is 0 Å². The van der Waals surface area contributed by atoms with Crippen LogP contribution in [0.4, 0.5) is 0 Å². The van der Waals surface area contributed by atoms with E-state index in [1.165, 1.54) is 5.56 Å². The summed E-state index contributed by atoms with van der Waals surface area (Å²) in [6.45, 7) is 4.18. The molecule has 1 aliphatic rings. The van der Waals surface area contributed by atoms with Gasteiger partial charge in [0.05, 0.1) is 10.0 Å². The minimum atomic E-state index is 0. The minimum Gasteiger partial charge on any atom is -0.336 e. The fraction of sp³-hybridized carbons (Fsp3) is 0.316. The fourth-order valence-corrected chi connectivity index (χ4v) is 3.35. The molecule has 0 N–H and O–H groups in total. The van der Waals surface area contributed by atoms with Crippen LogP contribution in [0.5, 0.6) is 0 Å². The van der Waals surface area contributed by atoms with Gasteiger partial charge in [-0.1, -0.05) is 46.9 Å². The van der Waals surface area contributed by atoms with Crippen LogP contribution in [0.3, 0.4) is 0 Å². The summed E-state index contributed by atoms with van der Waals surface area (Å²) in [5.74, 6) is 0.0101. The van der Waals surface area contributed by atoms with E-state index in [4.69, 9.17) is 34.8 Å². The molecular weight excluding hydrogens is 414 g/mol. The van der Waals surface area contributed by atoms with Crippen molar-refractivity contribution in [1.82, 2.24) is 9.80 Å². The Morgan fingerprint density at radius 1 is 0.885 bits per heavy atom. The molecule has 0 saturated carbocycles. The van der Waals surface area contributed by atoms with Gasteiger partial charge in [-0.3, -0.25) is 9.69 Å². The maximum absolute atomic E-state index is 12.6. The van der Waals surface area contributed by atoms with Crippen molar-refractivity contribution in [3.63, 3.8) is 0 Å². The van der Waals surface area contributed by atoms with Gasteiger partial charge in [0.15, 0.2) is 0 Å². The molecule has 1 amide bonds. The normalized spacial score (nSPS) is 14.8. The van der Waals surface area contributed by atoms with Gasteiger partial charge in [0.25, 0.3) is 5.91 Å². The first kappa shape index (κ1) is 21.3. The Bertz CT molecular complexity index is 744. The topological polar surface area (TPSA) is 23.6 Å². The van der Waals surface area contributed by atoms with Crippen LogP contribution in [0.25, 0.3) is 0 Å². The predicted molar refractivity (Wildman–Crippen MR) is 111 cm³/mol. The molecule has 140 valence electrons. The SMILES string of the molecule is Cl.O=C(c1ccc(Cl)c(Cl)c1)N1CCN(CCc2ccc(Cl)cc2)CC1. The number of hydrogen-bond acceptors (Lipinski definition) is 2. The molecule has 3 rings (SSSR count). The van der Waals surface area contributed by atoms with Gasteiger partial charge in [-0.25, -0.2) is 0 Å². The molecule has 2 aromatic rings. The lowest BCUT2D eigenvalue weighted by Gasteiger charge is -2.34. The zero-order valence-electron chi connectivity index (χ0n) is 14.1. The Kier molecular flexibility index (Phi) is 8.05. The maximum atomic E-state index is 12.6. The summed E-state index contributed by atoms with van der Waals surface area (Å²) < 4.78 is 0. The molecule has 0 aliphatic carbocycles. The Morgan fingerprint density at radius 3 is 2.15 bits per heavy atom. The summed E-state index contributed by atoms with van der Waals surface area (Å²) in [6, 6.07) is 13.0. The van der Waals surface area contributed by atoms with E-state index in [1.807, 2.05) is 17.0 Å². The number of hydrogen-bond donors (Lipinski definition) is 0. The van der Waals surface area contributed by atoms with Crippen LogP contribution in [0, 0.1) is 0 Å². The lowest BCUT2D eigenvalue weighted by atomic mass is 10.1. The lowest BCUT2D eigenvalue weighted by molar-refractivity contribution is 0.0638. The third-order valence-electron chi connectivity index (χ3n) is 4.46. The van der Waals surface area contributed by atoms with Gasteiger partial charge in [0, 0.05) is 43.3 Å². The number of halogens is 4. The quantitative estimate of drug-likeness (QED) is 0.671. The molecule has 0 unspecified atom stereocenters. The minimum absolute atomic E-state index is 0. The Morgan fingerprint density at radius 2 is 1.54 bits per heavy atom. The van der Waals surface area contributed by atoms with Gasteiger partial charge in [0.1, 0.15) is 0 Å². The van der Waals surface area contributed by atoms with Gasteiger partial charge >= 0.3 is 0 Å². The molecule has 0 bridgehead atoms. The predicted octanol–water partition coefficient (Wildman–Crippen LogP) is 5.07. The monoisotopic (exact) mass is 432 g/mol. The zero-order valence-corrected chi connectivity index (χ0v) is 17.2. The zero-order chi connectivity index (χ0) is 17.8. The van der Waals surface area contributed by atoms with Crippen LogP contribution in [0.2, 0.25) is 15.1 Å². The molecule has 0 spiro atoms. The Hall–Kier alpha value is -0.970. The van der Waals surface area contributed by atoms with Gasteiger partial charge in [-0.15, -0.1) is 12.4 Å². The van der Waals surface area contributed by atoms with Crippen molar-refractivity contribution in [1.29, 1.82) is 0 Å². The van der Waals surface area contributed by atoms with E-state index in [2.05, 4.69) is 17.0 Å². The Balaban J connectivity index is 0.00000243. The summed E-state index contributed by atoms with van der Waals surface area (Å²) in [7, 11) is 0. The molecule has 3 nitrogen and oxygen atoms in total. The average molecular weight is 434 g/mol. The van der Waals surface area contributed by atoms with Crippen LogP contribution in [-0.4, -0.2) is 48.4 Å². The first-order valence-corrected chi connectivity index (χ1v) is 9.37. The fourth-order valence-electron chi connectivity index (χ4n) is 2.92. The Labute approximate surface area is 175 Å². The average Bonchev–Trinajstić information content (AvgIpc) is 2.63. The van der Waals surface area contributed by atoms with Crippen LogP contribution in [-0.2, 0) is 6.42 Å². The summed E-state index contributed by atoms with van der Waals surface area (Å²) in [4.78, 5) is 16.8. The number of carbonyl (C=O) groups is 1.